The van der Waals surface area contributed by atoms with Crippen molar-refractivity contribution >= 4 is 35.3 Å². The van der Waals surface area contributed by atoms with Gasteiger partial charge in [0, 0.05) is 5.69 Å². The van der Waals surface area contributed by atoms with Crippen LogP contribution < -0.4 is 10.6 Å². The molecule has 2 heterocycles. The smallest absolute Gasteiger partial charge is 0.324 e. The van der Waals surface area contributed by atoms with Gasteiger partial charge in [-0.25, -0.2) is 4.79 Å². The van der Waals surface area contributed by atoms with Crippen molar-refractivity contribution in [2.24, 2.45) is 0 Å². The summed E-state index contributed by atoms with van der Waals surface area (Å²) in [6, 6.07) is 13.7. The molecule has 1 aliphatic heterocycles. The lowest BCUT2D eigenvalue weighted by Crippen LogP contribution is -2.42. The Morgan fingerprint density at radius 1 is 1.19 bits per heavy atom. The van der Waals surface area contributed by atoms with Gasteiger partial charge >= 0.3 is 6.03 Å². The van der Waals surface area contributed by atoms with E-state index in [4.69, 9.17) is 0 Å². The number of anilines is 1. The van der Waals surface area contributed by atoms with Crippen molar-refractivity contribution in [3.63, 3.8) is 0 Å². The van der Waals surface area contributed by atoms with Crippen LogP contribution in [0, 0.1) is 6.92 Å². The number of carbonyl (C=O) groups is 3. The summed E-state index contributed by atoms with van der Waals surface area (Å²) in [5, 5.41) is 17.5. The van der Waals surface area contributed by atoms with E-state index >= 15 is 0 Å². The van der Waals surface area contributed by atoms with Crippen LogP contribution in [0.15, 0.2) is 53.7 Å². The van der Waals surface area contributed by atoms with Crippen molar-refractivity contribution in [1.29, 1.82) is 0 Å². The first-order valence-electron chi connectivity index (χ1n) is 9.76. The Balaban J connectivity index is 1.48. The number of hydrogen-bond acceptors (Lipinski definition) is 7. The fourth-order valence-corrected chi connectivity index (χ4v) is 3.88. The maximum atomic E-state index is 13.0. The van der Waals surface area contributed by atoms with Crippen LogP contribution in [0.3, 0.4) is 0 Å². The number of nitrogens with one attached hydrogen (secondary N) is 2. The summed E-state index contributed by atoms with van der Waals surface area (Å²) >= 11 is 1.39. The number of carbonyl (C=O) groups excluding carboxylic acids is 3. The predicted octanol–water partition coefficient (Wildman–Crippen LogP) is 2.10. The Morgan fingerprint density at radius 2 is 1.94 bits per heavy atom. The minimum absolute atomic E-state index is 0.405. The molecule has 0 spiro atoms. The summed E-state index contributed by atoms with van der Waals surface area (Å²) in [6.45, 7) is 3.17. The van der Waals surface area contributed by atoms with E-state index in [2.05, 4.69) is 26.2 Å². The maximum absolute atomic E-state index is 13.0. The highest BCUT2D eigenvalue weighted by molar-refractivity contribution is 7.98. The summed E-state index contributed by atoms with van der Waals surface area (Å²) in [5.74, 6) is -0.978. The molecule has 4 amide bonds. The highest BCUT2D eigenvalue weighted by Crippen LogP contribution is 2.29. The van der Waals surface area contributed by atoms with E-state index in [0.717, 1.165) is 10.5 Å². The van der Waals surface area contributed by atoms with Crippen molar-refractivity contribution in [1.82, 2.24) is 30.4 Å². The van der Waals surface area contributed by atoms with E-state index in [-0.39, 0.29) is 0 Å². The molecule has 164 valence electrons. The van der Waals surface area contributed by atoms with Crippen LogP contribution in [0.4, 0.5) is 10.5 Å². The standard InChI is InChI=1S/C21H21N7O3S/c1-13-7-9-14(10-8-13)21(2)18(30)27(19(31)23-21)12-17(29)22-15-5-4-6-16(11-15)28-20(32-3)24-25-26-28/h4-11H,12H2,1-3H3,(H,22,29)(H,23,31). The van der Waals surface area contributed by atoms with Gasteiger partial charge in [-0.2, -0.15) is 4.68 Å². The molecule has 0 bridgehead atoms. The molecule has 1 aromatic heterocycles. The molecule has 2 aromatic carbocycles. The molecule has 1 atom stereocenters. The number of rotatable bonds is 6. The lowest BCUT2D eigenvalue weighted by atomic mass is 9.91. The molecule has 1 fully saturated rings. The number of tetrazole rings is 1. The topological polar surface area (TPSA) is 122 Å². The van der Waals surface area contributed by atoms with Gasteiger partial charge in [-0.05, 0) is 54.3 Å². The van der Waals surface area contributed by atoms with Crippen LogP contribution in [0.25, 0.3) is 5.69 Å². The average molecular weight is 452 g/mol. The van der Waals surface area contributed by atoms with Crippen LogP contribution in [-0.4, -0.2) is 55.8 Å². The van der Waals surface area contributed by atoms with Gasteiger partial charge in [0.15, 0.2) is 0 Å². The molecule has 0 radical (unpaired) electrons. The monoisotopic (exact) mass is 451 g/mol. The fraction of sp³-hybridized carbons (Fsp3) is 0.238. The van der Waals surface area contributed by atoms with E-state index in [0.29, 0.717) is 22.1 Å². The highest BCUT2D eigenvalue weighted by atomic mass is 32.2. The number of urea groups is 1. The lowest BCUT2D eigenvalue weighted by Gasteiger charge is -2.22. The molecular formula is C21H21N7O3S. The average Bonchev–Trinajstić information content (AvgIpc) is 3.33. The van der Waals surface area contributed by atoms with E-state index in [1.807, 2.05) is 25.3 Å². The second-order valence-corrected chi connectivity index (χ2v) is 8.26. The van der Waals surface area contributed by atoms with E-state index in [9.17, 15) is 14.4 Å². The van der Waals surface area contributed by atoms with Crippen molar-refractivity contribution in [2.75, 3.05) is 18.1 Å². The molecule has 4 rings (SSSR count). The number of aromatic nitrogens is 4. The van der Waals surface area contributed by atoms with E-state index in [1.165, 1.54) is 11.8 Å². The molecule has 1 saturated heterocycles. The highest BCUT2D eigenvalue weighted by Gasteiger charge is 2.49. The quantitative estimate of drug-likeness (QED) is 0.435. The number of nitrogens with zero attached hydrogens (tertiary/aromatic N) is 5. The summed E-state index contributed by atoms with van der Waals surface area (Å²) in [4.78, 5) is 39.1. The molecule has 0 aliphatic carbocycles. The van der Waals surface area contributed by atoms with Crippen molar-refractivity contribution in [3.05, 3.63) is 59.7 Å². The SMILES string of the molecule is CSc1nnnn1-c1cccc(NC(=O)CN2C(=O)NC(C)(c3ccc(C)cc3)C2=O)c1. The van der Waals surface area contributed by atoms with Gasteiger partial charge < -0.3 is 10.6 Å². The first kappa shape index (κ1) is 21.5. The molecule has 10 nitrogen and oxygen atoms in total. The zero-order valence-corrected chi connectivity index (χ0v) is 18.5. The molecule has 32 heavy (non-hydrogen) atoms. The van der Waals surface area contributed by atoms with Gasteiger partial charge in [-0.15, -0.1) is 5.10 Å². The Bertz CT molecular complexity index is 1190. The second kappa shape index (κ2) is 8.42. The molecule has 0 saturated carbocycles. The first-order valence-corrected chi connectivity index (χ1v) is 11.0. The second-order valence-electron chi connectivity index (χ2n) is 7.49. The van der Waals surface area contributed by atoms with Crippen LogP contribution >= 0.6 is 11.8 Å². The molecule has 11 heteroatoms. The Hall–Kier alpha value is -3.73. The first-order chi connectivity index (χ1) is 15.3. The minimum atomic E-state index is -1.22. The molecule has 3 aromatic rings. The normalized spacial score (nSPS) is 18.0. The largest absolute Gasteiger partial charge is 0.325 e. The molecule has 2 N–H and O–H groups in total. The van der Waals surface area contributed by atoms with Gasteiger partial charge in [0.2, 0.25) is 11.1 Å². The van der Waals surface area contributed by atoms with E-state index < -0.39 is 29.9 Å². The molecule has 1 unspecified atom stereocenters. The zero-order valence-electron chi connectivity index (χ0n) is 17.7. The Kier molecular flexibility index (Phi) is 5.66. The number of thioether (sulfide) groups is 1. The van der Waals surface area contributed by atoms with Gasteiger partial charge in [-0.3, -0.25) is 14.5 Å². The van der Waals surface area contributed by atoms with Gasteiger partial charge in [-0.1, -0.05) is 47.7 Å². The van der Waals surface area contributed by atoms with E-state index in [1.54, 1.807) is 48.0 Å². The molecular weight excluding hydrogens is 430 g/mol. The fourth-order valence-electron chi connectivity index (χ4n) is 3.45. The third-order valence-electron chi connectivity index (χ3n) is 5.20. The Morgan fingerprint density at radius 3 is 2.66 bits per heavy atom. The number of imide groups is 1. The van der Waals surface area contributed by atoms with Crippen molar-refractivity contribution in [2.45, 2.75) is 24.5 Å². The number of benzene rings is 2. The maximum Gasteiger partial charge on any atom is 0.325 e. The summed E-state index contributed by atoms with van der Waals surface area (Å²) < 4.78 is 1.55. The van der Waals surface area contributed by atoms with Gasteiger partial charge in [0.25, 0.3) is 5.91 Å². The lowest BCUT2D eigenvalue weighted by molar-refractivity contribution is -0.133. The Labute approximate surface area is 188 Å². The summed E-state index contributed by atoms with van der Waals surface area (Å²) in [5.41, 5.74) is 1.63. The predicted molar refractivity (Wildman–Crippen MR) is 118 cm³/mol. The zero-order chi connectivity index (χ0) is 22.9. The minimum Gasteiger partial charge on any atom is -0.324 e. The third kappa shape index (κ3) is 3.94. The van der Waals surface area contributed by atoms with Crippen LogP contribution in [-0.2, 0) is 15.1 Å². The van der Waals surface area contributed by atoms with Crippen molar-refractivity contribution in [3.8, 4) is 5.69 Å². The van der Waals surface area contributed by atoms with Gasteiger partial charge in [0.1, 0.15) is 12.1 Å². The number of aryl methyl sites for hydroxylation is 1. The van der Waals surface area contributed by atoms with Crippen LogP contribution in [0.5, 0.6) is 0 Å². The van der Waals surface area contributed by atoms with Crippen LogP contribution in [0.1, 0.15) is 18.1 Å². The number of amides is 4. The van der Waals surface area contributed by atoms with Crippen molar-refractivity contribution < 1.29 is 14.4 Å². The summed E-state index contributed by atoms with van der Waals surface area (Å²) in [7, 11) is 0. The third-order valence-corrected chi connectivity index (χ3v) is 5.82. The van der Waals surface area contributed by atoms with Crippen LogP contribution in [0.2, 0.25) is 0 Å². The molecule has 1 aliphatic rings. The summed E-state index contributed by atoms with van der Waals surface area (Å²) in [6.07, 6.45) is 1.86. The van der Waals surface area contributed by atoms with Gasteiger partial charge in [0.05, 0.1) is 5.69 Å². The number of hydrogen-bond donors (Lipinski definition) is 2.